The Morgan fingerprint density at radius 3 is 2.81 bits per heavy atom. The standard InChI is InChI=1S/C12H17N3S/c1-3-7-14-12(16)15(4-2)10-11-5-8-13-9-6-11/h3,5-6,8-9H,1,4,7,10H2,2H3,(H,14,16). The number of nitrogens with zero attached hydrogens (tertiary/aromatic N) is 2. The molecule has 1 aromatic rings. The van der Waals surface area contributed by atoms with E-state index in [0.29, 0.717) is 6.54 Å². The summed E-state index contributed by atoms with van der Waals surface area (Å²) < 4.78 is 0. The minimum absolute atomic E-state index is 0.700. The first kappa shape index (κ1) is 12.6. The van der Waals surface area contributed by atoms with Crippen LogP contribution in [0.2, 0.25) is 0 Å². The highest BCUT2D eigenvalue weighted by Crippen LogP contribution is 2.03. The summed E-state index contributed by atoms with van der Waals surface area (Å²) in [5, 5.41) is 3.89. The SMILES string of the molecule is C=CCNC(=S)N(CC)Cc1ccncc1. The van der Waals surface area contributed by atoms with Gasteiger partial charge in [-0.1, -0.05) is 6.08 Å². The summed E-state index contributed by atoms with van der Waals surface area (Å²) in [4.78, 5) is 6.10. The number of hydrogen-bond acceptors (Lipinski definition) is 2. The highest BCUT2D eigenvalue weighted by atomic mass is 32.1. The number of hydrogen-bond donors (Lipinski definition) is 1. The van der Waals surface area contributed by atoms with Crippen LogP contribution >= 0.6 is 12.2 Å². The van der Waals surface area contributed by atoms with Gasteiger partial charge in [0.2, 0.25) is 0 Å². The molecule has 0 radical (unpaired) electrons. The molecule has 0 saturated carbocycles. The molecule has 1 N–H and O–H groups in total. The molecule has 0 atom stereocenters. The fourth-order valence-corrected chi connectivity index (χ4v) is 1.58. The van der Waals surface area contributed by atoms with E-state index in [0.717, 1.165) is 18.2 Å². The average molecular weight is 235 g/mol. The second-order valence-electron chi connectivity index (χ2n) is 3.34. The number of nitrogens with one attached hydrogen (secondary N) is 1. The van der Waals surface area contributed by atoms with Crippen molar-refractivity contribution in [3.05, 3.63) is 42.7 Å². The summed E-state index contributed by atoms with van der Waals surface area (Å²) in [6.45, 7) is 8.13. The maximum absolute atomic E-state index is 5.29. The monoisotopic (exact) mass is 235 g/mol. The van der Waals surface area contributed by atoms with Gasteiger partial charge in [0.15, 0.2) is 5.11 Å². The van der Waals surface area contributed by atoms with Crippen LogP contribution < -0.4 is 5.32 Å². The molecule has 0 bridgehead atoms. The summed E-state index contributed by atoms with van der Waals surface area (Å²) in [5.41, 5.74) is 1.21. The van der Waals surface area contributed by atoms with Crippen LogP contribution in [0.1, 0.15) is 12.5 Å². The Hall–Kier alpha value is -1.42. The van der Waals surface area contributed by atoms with E-state index in [2.05, 4.69) is 28.7 Å². The van der Waals surface area contributed by atoms with Crippen molar-refractivity contribution in [2.24, 2.45) is 0 Å². The predicted octanol–water partition coefficient (Wildman–Crippen LogP) is 1.96. The Morgan fingerprint density at radius 1 is 1.56 bits per heavy atom. The second-order valence-corrected chi connectivity index (χ2v) is 3.73. The molecule has 0 unspecified atom stereocenters. The molecule has 0 aliphatic heterocycles. The highest BCUT2D eigenvalue weighted by Gasteiger charge is 2.06. The third-order valence-corrected chi connectivity index (χ3v) is 2.59. The van der Waals surface area contributed by atoms with Gasteiger partial charge in [-0.05, 0) is 36.8 Å². The van der Waals surface area contributed by atoms with Crippen molar-refractivity contribution in [2.75, 3.05) is 13.1 Å². The Kier molecular flexibility index (Phi) is 5.50. The first-order chi connectivity index (χ1) is 7.77. The molecule has 0 aliphatic rings. The molecule has 1 aromatic heterocycles. The number of thiocarbonyl (C=S) groups is 1. The third kappa shape index (κ3) is 3.98. The van der Waals surface area contributed by atoms with Gasteiger partial charge in [-0.2, -0.15) is 0 Å². The fraction of sp³-hybridized carbons (Fsp3) is 0.333. The lowest BCUT2D eigenvalue weighted by Gasteiger charge is -2.24. The maximum atomic E-state index is 5.29. The lowest BCUT2D eigenvalue weighted by atomic mass is 10.2. The molecule has 0 saturated heterocycles. The summed E-state index contributed by atoms with van der Waals surface area (Å²) in [6, 6.07) is 4.00. The highest BCUT2D eigenvalue weighted by molar-refractivity contribution is 7.80. The van der Waals surface area contributed by atoms with E-state index < -0.39 is 0 Å². The Bertz CT molecular complexity index is 337. The van der Waals surface area contributed by atoms with E-state index in [9.17, 15) is 0 Å². The topological polar surface area (TPSA) is 28.2 Å². The van der Waals surface area contributed by atoms with Crippen molar-refractivity contribution in [1.82, 2.24) is 15.2 Å². The lowest BCUT2D eigenvalue weighted by Crippen LogP contribution is -2.39. The van der Waals surface area contributed by atoms with Gasteiger partial charge < -0.3 is 10.2 Å². The quantitative estimate of drug-likeness (QED) is 0.624. The molecule has 0 fully saturated rings. The van der Waals surface area contributed by atoms with Crippen LogP contribution in [0.15, 0.2) is 37.2 Å². The van der Waals surface area contributed by atoms with Gasteiger partial charge in [-0.15, -0.1) is 6.58 Å². The van der Waals surface area contributed by atoms with E-state index in [1.54, 1.807) is 18.5 Å². The number of rotatable bonds is 5. The molecule has 86 valence electrons. The van der Waals surface area contributed by atoms with Gasteiger partial charge in [-0.25, -0.2) is 0 Å². The van der Waals surface area contributed by atoms with Crippen LogP contribution in [0.5, 0.6) is 0 Å². The first-order valence-electron chi connectivity index (χ1n) is 5.30. The fourth-order valence-electron chi connectivity index (χ4n) is 1.31. The Balaban J connectivity index is 2.55. The lowest BCUT2D eigenvalue weighted by molar-refractivity contribution is 0.429. The molecule has 4 heteroatoms. The van der Waals surface area contributed by atoms with Gasteiger partial charge in [0.1, 0.15) is 0 Å². The third-order valence-electron chi connectivity index (χ3n) is 2.19. The molecule has 0 spiro atoms. The van der Waals surface area contributed by atoms with Crippen molar-refractivity contribution in [2.45, 2.75) is 13.5 Å². The maximum Gasteiger partial charge on any atom is 0.169 e. The van der Waals surface area contributed by atoms with Crippen molar-refractivity contribution in [1.29, 1.82) is 0 Å². The minimum atomic E-state index is 0.700. The zero-order valence-corrected chi connectivity index (χ0v) is 10.3. The van der Waals surface area contributed by atoms with E-state index in [4.69, 9.17) is 12.2 Å². The van der Waals surface area contributed by atoms with Crippen LogP contribution in [-0.4, -0.2) is 28.1 Å². The largest absolute Gasteiger partial charge is 0.359 e. The van der Waals surface area contributed by atoms with E-state index in [1.165, 1.54) is 5.56 Å². The van der Waals surface area contributed by atoms with Gasteiger partial charge in [0.05, 0.1) is 0 Å². The van der Waals surface area contributed by atoms with Crippen molar-refractivity contribution in [3.63, 3.8) is 0 Å². The van der Waals surface area contributed by atoms with Gasteiger partial charge in [-0.3, -0.25) is 4.98 Å². The molecular weight excluding hydrogens is 218 g/mol. The average Bonchev–Trinajstić information content (AvgIpc) is 2.34. The summed E-state index contributed by atoms with van der Waals surface area (Å²) in [5.74, 6) is 0. The van der Waals surface area contributed by atoms with Crippen LogP contribution in [0.3, 0.4) is 0 Å². The van der Waals surface area contributed by atoms with Crippen molar-refractivity contribution >= 4 is 17.3 Å². The molecule has 0 aliphatic carbocycles. The molecule has 3 nitrogen and oxygen atoms in total. The zero-order valence-electron chi connectivity index (χ0n) is 9.52. The van der Waals surface area contributed by atoms with E-state index in [-0.39, 0.29) is 0 Å². The van der Waals surface area contributed by atoms with Crippen LogP contribution in [0.25, 0.3) is 0 Å². The Morgan fingerprint density at radius 2 is 2.25 bits per heavy atom. The molecular formula is C12H17N3S. The minimum Gasteiger partial charge on any atom is -0.359 e. The van der Waals surface area contributed by atoms with Gasteiger partial charge in [0.25, 0.3) is 0 Å². The van der Waals surface area contributed by atoms with E-state index >= 15 is 0 Å². The normalized spacial score (nSPS) is 9.56. The van der Waals surface area contributed by atoms with Crippen LogP contribution in [-0.2, 0) is 6.54 Å². The molecule has 1 rings (SSSR count). The van der Waals surface area contributed by atoms with Gasteiger partial charge in [0, 0.05) is 32.0 Å². The van der Waals surface area contributed by atoms with Gasteiger partial charge >= 0.3 is 0 Å². The predicted molar refractivity (Wildman–Crippen MR) is 71.1 cm³/mol. The molecule has 0 amide bonds. The second kappa shape index (κ2) is 6.95. The smallest absolute Gasteiger partial charge is 0.169 e. The van der Waals surface area contributed by atoms with Crippen LogP contribution in [0.4, 0.5) is 0 Å². The Labute approximate surface area is 102 Å². The zero-order chi connectivity index (χ0) is 11.8. The summed E-state index contributed by atoms with van der Waals surface area (Å²) in [6.07, 6.45) is 5.39. The van der Waals surface area contributed by atoms with E-state index in [1.807, 2.05) is 12.1 Å². The summed E-state index contributed by atoms with van der Waals surface area (Å²) in [7, 11) is 0. The molecule has 1 heterocycles. The molecule has 16 heavy (non-hydrogen) atoms. The number of aromatic nitrogens is 1. The van der Waals surface area contributed by atoms with Crippen molar-refractivity contribution < 1.29 is 0 Å². The molecule has 0 aromatic carbocycles. The summed E-state index contributed by atoms with van der Waals surface area (Å²) >= 11 is 5.29. The van der Waals surface area contributed by atoms with Crippen LogP contribution in [0, 0.1) is 0 Å². The first-order valence-corrected chi connectivity index (χ1v) is 5.71. The van der Waals surface area contributed by atoms with Crippen molar-refractivity contribution in [3.8, 4) is 0 Å². The number of pyridine rings is 1.